The number of carbonyl (C=O) groups excluding carboxylic acids is 1. The molecule has 1 saturated heterocycles. The van der Waals surface area contributed by atoms with E-state index in [1.807, 2.05) is 18.2 Å². The van der Waals surface area contributed by atoms with Gasteiger partial charge in [-0.1, -0.05) is 54.7 Å². The minimum atomic E-state index is 0.104. The van der Waals surface area contributed by atoms with Crippen LogP contribution in [-0.4, -0.2) is 15.9 Å². The van der Waals surface area contributed by atoms with Crippen molar-refractivity contribution in [1.29, 1.82) is 0 Å². The van der Waals surface area contributed by atoms with Crippen LogP contribution in [0.1, 0.15) is 11.6 Å². The van der Waals surface area contributed by atoms with E-state index in [0.29, 0.717) is 0 Å². The summed E-state index contributed by atoms with van der Waals surface area (Å²) in [6, 6.07) is 10.2. The second-order valence-electron chi connectivity index (χ2n) is 3.49. The first-order valence-electron chi connectivity index (χ1n) is 5.12. The molecular weight excluding hydrogens is 218 g/mol. The highest BCUT2D eigenvalue weighted by Gasteiger charge is 2.30. The molecule has 0 bridgehead atoms. The van der Waals surface area contributed by atoms with Gasteiger partial charge in [-0.2, -0.15) is 0 Å². The van der Waals surface area contributed by atoms with Crippen molar-refractivity contribution < 1.29 is 4.79 Å². The molecule has 2 rings (SSSR count). The molecule has 0 unspecified atom stereocenters. The van der Waals surface area contributed by atoms with E-state index in [9.17, 15) is 4.79 Å². The third kappa shape index (κ3) is 2.19. The Bertz CT molecular complexity index is 413. The Labute approximate surface area is 99.6 Å². The van der Waals surface area contributed by atoms with Gasteiger partial charge >= 0.3 is 0 Å². The van der Waals surface area contributed by atoms with Gasteiger partial charge in [-0.3, -0.25) is 4.79 Å². The van der Waals surface area contributed by atoms with E-state index >= 15 is 0 Å². The van der Waals surface area contributed by atoms with Gasteiger partial charge in [0.15, 0.2) is 0 Å². The number of hydrogen-bond acceptors (Lipinski definition) is 2. The second-order valence-corrected chi connectivity index (χ2v) is 4.46. The predicted octanol–water partition coefficient (Wildman–Crippen LogP) is 3.60. The SMILES string of the molecule is C=C/C=C\N1C(=O)SC[C@H]1c1ccccc1. The van der Waals surface area contributed by atoms with Crippen LogP contribution in [0.2, 0.25) is 0 Å². The first kappa shape index (κ1) is 11.0. The van der Waals surface area contributed by atoms with Crippen LogP contribution in [0.25, 0.3) is 0 Å². The van der Waals surface area contributed by atoms with Gasteiger partial charge in [-0.15, -0.1) is 0 Å². The molecule has 1 heterocycles. The zero-order valence-electron chi connectivity index (χ0n) is 8.87. The van der Waals surface area contributed by atoms with E-state index in [-0.39, 0.29) is 11.3 Å². The molecule has 0 saturated carbocycles. The largest absolute Gasteiger partial charge is 0.302 e. The number of benzene rings is 1. The fourth-order valence-corrected chi connectivity index (χ4v) is 2.67. The summed E-state index contributed by atoms with van der Waals surface area (Å²) < 4.78 is 0. The van der Waals surface area contributed by atoms with Crippen molar-refractivity contribution in [3.63, 3.8) is 0 Å². The van der Waals surface area contributed by atoms with Crippen LogP contribution < -0.4 is 0 Å². The molecule has 2 nitrogen and oxygen atoms in total. The Morgan fingerprint density at radius 2 is 2.12 bits per heavy atom. The zero-order chi connectivity index (χ0) is 11.4. The van der Waals surface area contributed by atoms with Gasteiger partial charge < -0.3 is 4.90 Å². The summed E-state index contributed by atoms with van der Waals surface area (Å²) in [5, 5.41) is 0.104. The molecule has 0 N–H and O–H groups in total. The lowest BCUT2D eigenvalue weighted by Crippen LogP contribution is -2.20. The molecule has 1 fully saturated rings. The first-order valence-corrected chi connectivity index (χ1v) is 6.11. The maximum absolute atomic E-state index is 11.7. The first-order chi connectivity index (χ1) is 7.83. The van der Waals surface area contributed by atoms with Crippen LogP contribution in [0.3, 0.4) is 0 Å². The smallest absolute Gasteiger partial charge is 0.286 e. The Balaban J connectivity index is 2.24. The summed E-state index contributed by atoms with van der Waals surface area (Å²) >= 11 is 1.36. The number of amides is 1. The summed E-state index contributed by atoms with van der Waals surface area (Å²) in [6.07, 6.45) is 5.27. The van der Waals surface area contributed by atoms with E-state index < -0.39 is 0 Å². The van der Waals surface area contributed by atoms with E-state index in [0.717, 1.165) is 5.75 Å². The van der Waals surface area contributed by atoms with E-state index in [4.69, 9.17) is 0 Å². The summed E-state index contributed by atoms with van der Waals surface area (Å²) in [5.41, 5.74) is 1.18. The number of carbonyl (C=O) groups is 1. The van der Waals surface area contributed by atoms with Gasteiger partial charge in [0, 0.05) is 12.0 Å². The molecule has 1 amide bonds. The summed E-state index contributed by atoms with van der Waals surface area (Å²) in [7, 11) is 0. The zero-order valence-corrected chi connectivity index (χ0v) is 9.69. The predicted molar refractivity (Wildman–Crippen MR) is 68.2 cm³/mol. The molecule has 0 radical (unpaired) electrons. The molecule has 1 aromatic carbocycles. The molecule has 1 aliphatic rings. The second kappa shape index (κ2) is 5.03. The van der Waals surface area contributed by atoms with Crippen LogP contribution in [0, 0.1) is 0 Å². The third-order valence-corrected chi connectivity index (χ3v) is 3.42. The van der Waals surface area contributed by atoms with E-state index in [2.05, 4.69) is 18.7 Å². The van der Waals surface area contributed by atoms with Crippen molar-refractivity contribution in [2.75, 3.05) is 5.75 Å². The molecule has 0 aliphatic carbocycles. The standard InChI is InChI=1S/C13H13NOS/c1-2-3-9-14-12(10-16-13(14)15)11-7-5-4-6-8-11/h2-9,12H,1,10H2/b9-3-/t12-/m0/s1. The summed E-state index contributed by atoms with van der Waals surface area (Å²) in [4.78, 5) is 13.4. The van der Waals surface area contributed by atoms with Gasteiger partial charge in [0.25, 0.3) is 5.24 Å². The highest BCUT2D eigenvalue weighted by Crippen LogP contribution is 2.35. The molecule has 0 spiro atoms. The average molecular weight is 231 g/mol. The maximum atomic E-state index is 11.7. The molecule has 1 aromatic rings. The molecule has 0 aromatic heterocycles. The Hall–Kier alpha value is -1.48. The van der Waals surface area contributed by atoms with E-state index in [1.54, 1.807) is 23.3 Å². The molecule has 82 valence electrons. The normalized spacial score (nSPS) is 20.6. The van der Waals surface area contributed by atoms with Crippen molar-refractivity contribution in [3.05, 3.63) is 60.8 Å². The van der Waals surface area contributed by atoms with Crippen LogP contribution in [-0.2, 0) is 0 Å². The molecule has 16 heavy (non-hydrogen) atoms. The van der Waals surface area contributed by atoms with E-state index in [1.165, 1.54) is 17.3 Å². The van der Waals surface area contributed by atoms with Crippen LogP contribution in [0.4, 0.5) is 4.79 Å². The lowest BCUT2D eigenvalue weighted by atomic mass is 10.1. The van der Waals surface area contributed by atoms with Crippen LogP contribution in [0.15, 0.2) is 55.3 Å². The monoisotopic (exact) mass is 231 g/mol. The minimum Gasteiger partial charge on any atom is -0.302 e. The van der Waals surface area contributed by atoms with Crippen molar-refractivity contribution in [1.82, 2.24) is 4.90 Å². The number of rotatable bonds is 3. The lowest BCUT2D eigenvalue weighted by molar-refractivity contribution is 0.233. The summed E-state index contributed by atoms with van der Waals surface area (Å²) in [6.45, 7) is 3.61. The third-order valence-electron chi connectivity index (χ3n) is 2.48. The fourth-order valence-electron chi connectivity index (χ4n) is 1.68. The van der Waals surface area contributed by atoms with Gasteiger partial charge in [0.2, 0.25) is 0 Å². The molecule has 3 heteroatoms. The topological polar surface area (TPSA) is 20.3 Å². The molecular formula is C13H13NOS. The number of hydrogen-bond donors (Lipinski definition) is 0. The van der Waals surface area contributed by atoms with Gasteiger partial charge in [-0.25, -0.2) is 0 Å². The van der Waals surface area contributed by atoms with Gasteiger partial charge in [0.05, 0.1) is 6.04 Å². The fraction of sp³-hybridized carbons (Fsp3) is 0.154. The molecule has 1 aliphatic heterocycles. The number of nitrogens with zero attached hydrogens (tertiary/aromatic N) is 1. The van der Waals surface area contributed by atoms with Gasteiger partial charge in [-0.05, 0) is 11.6 Å². The average Bonchev–Trinajstić information content (AvgIpc) is 2.69. The van der Waals surface area contributed by atoms with Crippen LogP contribution in [0.5, 0.6) is 0 Å². The Kier molecular flexibility index (Phi) is 3.47. The minimum absolute atomic E-state index is 0.104. The quantitative estimate of drug-likeness (QED) is 0.741. The van der Waals surface area contributed by atoms with Crippen molar-refractivity contribution >= 4 is 17.0 Å². The Morgan fingerprint density at radius 1 is 1.38 bits per heavy atom. The highest BCUT2D eigenvalue weighted by atomic mass is 32.2. The number of thioether (sulfide) groups is 1. The lowest BCUT2D eigenvalue weighted by Gasteiger charge is -2.19. The number of allylic oxidation sites excluding steroid dienone is 2. The highest BCUT2D eigenvalue weighted by molar-refractivity contribution is 8.13. The van der Waals surface area contributed by atoms with Crippen molar-refractivity contribution in [2.24, 2.45) is 0 Å². The molecule has 1 atom stereocenters. The maximum Gasteiger partial charge on any atom is 0.286 e. The summed E-state index contributed by atoms with van der Waals surface area (Å²) in [5.74, 6) is 0.810. The van der Waals surface area contributed by atoms with Gasteiger partial charge in [0.1, 0.15) is 0 Å². The van der Waals surface area contributed by atoms with Crippen molar-refractivity contribution in [2.45, 2.75) is 6.04 Å². The Morgan fingerprint density at radius 3 is 2.81 bits per heavy atom. The van der Waals surface area contributed by atoms with Crippen LogP contribution >= 0.6 is 11.8 Å². The van der Waals surface area contributed by atoms with Crippen molar-refractivity contribution in [3.8, 4) is 0 Å².